The van der Waals surface area contributed by atoms with Gasteiger partial charge in [-0.2, -0.15) is 4.98 Å². The summed E-state index contributed by atoms with van der Waals surface area (Å²) >= 11 is 12.8. The van der Waals surface area contributed by atoms with Gasteiger partial charge in [-0.1, -0.05) is 27.5 Å². The summed E-state index contributed by atoms with van der Waals surface area (Å²) in [6.45, 7) is 0. The molecule has 0 aliphatic heterocycles. The molecule has 7 heteroatoms. The van der Waals surface area contributed by atoms with Crippen LogP contribution < -0.4 is 11.1 Å². The molecule has 0 fully saturated rings. The Balaban J connectivity index is 2.34. The van der Waals surface area contributed by atoms with Gasteiger partial charge in [-0.05, 0) is 34.1 Å². The monoisotopic (exact) mass is 376 g/mol. The molecule has 0 saturated heterocycles. The third kappa shape index (κ3) is 3.08. The van der Waals surface area contributed by atoms with Gasteiger partial charge in [-0.15, -0.1) is 0 Å². The van der Waals surface area contributed by atoms with E-state index in [1.807, 2.05) is 12.1 Å². The van der Waals surface area contributed by atoms with E-state index in [4.69, 9.17) is 17.3 Å². The predicted molar refractivity (Wildman–Crippen MR) is 76.6 cm³/mol. The molecule has 0 bridgehead atoms. The predicted octanol–water partition coefficient (Wildman–Crippen LogP) is 3.98. The van der Waals surface area contributed by atoms with Gasteiger partial charge in [0.05, 0.1) is 15.2 Å². The van der Waals surface area contributed by atoms with Crippen LogP contribution in [0.5, 0.6) is 0 Å². The minimum atomic E-state index is 0.198. The Morgan fingerprint density at radius 2 is 2.06 bits per heavy atom. The van der Waals surface area contributed by atoms with Gasteiger partial charge in [0.1, 0.15) is 5.82 Å². The third-order valence-corrected chi connectivity index (χ3v) is 3.33. The van der Waals surface area contributed by atoms with Gasteiger partial charge < -0.3 is 11.1 Å². The Labute approximate surface area is 120 Å². The van der Waals surface area contributed by atoms with Crippen molar-refractivity contribution in [1.29, 1.82) is 0 Å². The highest BCUT2D eigenvalue weighted by atomic mass is 79.9. The molecular formula is C10H7Br2ClN4. The fraction of sp³-hybridized carbons (Fsp3) is 0. The second kappa shape index (κ2) is 5.20. The zero-order valence-corrected chi connectivity index (χ0v) is 12.3. The van der Waals surface area contributed by atoms with E-state index >= 15 is 0 Å². The van der Waals surface area contributed by atoms with Crippen LogP contribution >= 0.6 is 43.5 Å². The molecule has 17 heavy (non-hydrogen) atoms. The van der Waals surface area contributed by atoms with Gasteiger partial charge in [0, 0.05) is 10.7 Å². The summed E-state index contributed by atoms with van der Waals surface area (Å²) in [5.74, 6) is 0.769. The summed E-state index contributed by atoms with van der Waals surface area (Å²) in [6.07, 6.45) is 1.58. The van der Waals surface area contributed by atoms with Gasteiger partial charge in [-0.25, -0.2) is 4.98 Å². The Hall–Kier alpha value is -0.850. The van der Waals surface area contributed by atoms with Gasteiger partial charge in [0.2, 0.25) is 5.95 Å². The fourth-order valence-electron chi connectivity index (χ4n) is 1.19. The quantitative estimate of drug-likeness (QED) is 0.830. The highest BCUT2D eigenvalue weighted by Gasteiger charge is 2.06. The molecule has 2 rings (SSSR count). The van der Waals surface area contributed by atoms with Crippen LogP contribution in [0.2, 0.25) is 5.02 Å². The molecule has 0 amide bonds. The molecule has 0 radical (unpaired) electrons. The summed E-state index contributed by atoms with van der Waals surface area (Å²) in [5.41, 5.74) is 6.26. The van der Waals surface area contributed by atoms with Crippen molar-refractivity contribution in [2.24, 2.45) is 0 Å². The average molecular weight is 378 g/mol. The first-order valence-electron chi connectivity index (χ1n) is 4.56. The molecule has 1 heterocycles. The topological polar surface area (TPSA) is 63.8 Å². The Morgan fingerprint density at radius 1 is 1.29 bits per heavy atom. The lowest BCUT2D eigenvalue weighted by molar-refractivity contribution is 1.17. The SMILES string of the molecule is Nc1ncc(Br)c(Nc2ccc(Br)cc2Cl)n1. The molecule has 2 aromatic rings. The maximum atomic E-state index is 6.09. The number of nitrogens with two attached hydrogens (primary N) is 1. The number of halogens is 3. The molecule has 1 aromatic carbocycles. The second-order valence-electron chi connectivity index (χ2n) is 3.17. The summed E-state index contributed by atoms with van der Waals surface area (Å²) in [4.78, 5) is 7.93. The zero-order chi connectivity index (χ0) is 12.4. The number of nitrogens with one attached hydrogen (secondary N) is 1. The number of anilines is 3. The minimum Gasteiger partial charge on any atom is -0.368 e. The molecule has 0 unspecified atom stereocenters. The maximum absolute atomic E-state index is 6.09. The van der Waals surface area contributed by atoms with Crippen LogP contribution in [0.25, 0.3) is 0 Å². The molecule has 3 N–H and O–H groups in total. The third-order valence-electron chi connectivity index (χ3n) is 1.95. The van der Waals surface area contributed by atoms with Gasteiger partial charge in [0.25, 0.3) is 0 Å². The minimum absolute atomic E-state index is 0.198. The van der Waals surface area contributed by atoms with E-state index in [9.17, 15) is 0 Å². The number of benzene rings is 1. The Bertz CT molecular complexity index is 562. The molecule has 4 nitrogen and oxygen atoms in total. The highest BCUT2D eigenvalue weighted by molar-refractivity contribution is 9.10. The number of nitrogens with zero attached hydrogens (tertiary/aromatic N) is 2. The summed E-state index contributed by atoms with van der Waals surface area (Å²) < 4.78 is 1.63. The van der Waals surface area contributed by atoms with E-state index in [1.54, 1.807) is 12.3 Å². The standard InChI is InChI=1S/C10H7Br2ClN4/c11-5-1-2-8(7(13)3-5)16-9-6(12)4-15-10(14)17-9/h1-4H,(H3,14,15,16,17). The first kappa shape index (κ1) is 12.6. The van der Waals surface area contributed by atoms with Crippen molar-refractivity contribution >= 4 is 60.9 Å². The largest absolute Gasteiger partial charge is 0.368 e. The number of hydrogen-bond acceptors (Lipinski definition) is 4. The van der Waals surface area contributed by atoms with Crippen molar-refractivity contribution in [2.75, 3.05) is 11.1 Å². The number of rotatable bonds is 2. The van der Waals surface area contributed by atoms with Crippen molar-refractivity contribution in [3.63, 3.8) is 0 Å². The lowest BCUT2D eigenvalue weighted by Crippen LogP contribution is -2.00. The molecule has 0 aliphatic carbocycles. The van der Waals surface area contributed by atoms with E-state index < -0.39 is 0 Å². The highest BCUT2D eigenvalue weighted by Crippen LogP contribution is 2.30. The van der Waals surface area contributed by atoms with E-state index in [0.29, 0.717) is 15.3 Å². The Morgan fingerprint density at radius 3 is 2.76 bits per heavy atom. The van der Waals surface area contributed by atoms with Crippen LogP contribution in [0.15, 0.2) is 33.3 Å². The lowest BCUT2D eigenvalue weighted by Gasteiger charge is -2.09. The van der Waals surface area contributed by atoms with E-state index in [-0.39, 0.29) is 5.95 Å². The molecule has 88 valence electrons. The van der Waals surface area contributed by atoms with E-state index in [1.165, 1.54) is 0 Å². The molecule has 1 aromatic heterocycles. The zero-order valence-electron chi connectivity index (χ0n) is 8.42. The number of aromatic nitrogens is 2. The number of nitrogen functional groups attached to an aromatic ring is 1. The van der Waals surface area contributed by atoms with E-state index in [2.05, 4.69) is 47.1 Å². The van der Waals surface area contributed by atoms with Crippen LogP contribution in [-0.2, 0) is 0 Å². The molecule has 0 atom stereocenters. The van der Waals surface area contributed by atoms with Crippen molar-refractivity contribution in [3.8, 4) is 0 Å². The normalized spacial score (nSPS) is 10.3. The van der Waals surface area contributed by atoms with Crippen molar-refractivity contribution in [3.05, 3.63) is 38.4 Å². The smallest absolute Gasteiger partial charge is 0.222 e. The van der Waals surface area contributed by atoms with Crippen molar-refractivity contribution < 1.29 is 0 Å². The molecular weight excluding hydrogens is 371 g/mol. The van der Waals surface area contributed by atoms with Crippen LogP contribution in [0, 0.1) is 0 Å². The van der Waals surface area contributed by atoms with E-state index in [0.717, 1.165) is 10.2 Å². The summed E-state index contributed by atoms with van der Waals surface area (Å²) in [5, 5.41) is 3.66. The molecule has 0 saturated carbocycles. The number of hydrogen-bond donors (Lipinski definition) is 2. The average Bonchev–Trinajstić information content (AvgIpc) is 2.27. The van der Waals surface area contributed by atoms with Crippen molar-refractivity contribution in [2.45, 2.75) is 0 Å². The maximum Gasteiger partial charge on any atom is 0.222 e. The van der Waals surface area contributed by atoms with Crippen LogP contribution in [0.4, 0.5) is 17.5 Å². The summed E-state index contributed by atoms with van der Waals surface area (Å²) in [6, 6.07) is 5.52. The first-order valence-corrected chi connectivity index (χ1v) is 6.53. The lowest BCUT2D eigenvalue weighted by atomic mass is 10.3. The first-order chi connectivity index (χ1) is 8.06. The van der Waals surface area contributed by atoms with Gasteiger partial charge >= 0.3 is 0 Å². The summed E-state index contributed by atoms with van der Waals surface area (Å²) in [7, 11) is 0. The molecule has 0 aliphatic rings. The Kier molecular flexibility index (Phi) is 3.86. The second-order valence-corrected chi connectivity index (χ2v) is 5.35. The fourth-order valence-corrected chi connectivity index (χ4v) is 2.20. The van der Waals surface area contributed by atoms with Crippen molar-refractivity contribution in [1.82, 2.24) is 9.97 Å². The van der Waals surface area contributed by atoms with Crippen LogP contribution in [-0.4, -0.2) is 9.97 Å². The van der Waals surface area contributed by atoms with Crippen LogP contribution in [0.1, 0.15) is 0 Å². The molecule has 0 spiro atoms. The van der Waals surface area contributed by atoms with Gasteiger partial charge in [-0.3, -0.25) is 0 Å². The van der Waals surface area contributed by atoms with Gasteiger partial charge in [0.15, 0.2) is 0 Å². The van der Waals surface area contributed by atoms with Crippen LogP contribution in [0.3, 0.4) is 0 Å².